The third-order valence-electron chi connectivity index (χ3n) is 1.55. The van der Waals surface area contributed by atoms with Gasteiger partial charge < -0.3 is 0 Å². The minimum atomic E-state index is 0.488. The molecule has 1 rings (SSSR count). The van der Waals surface area contributed by atoms with Gasteiger partial charge in [0.15, 0.2) is 0 Å². The van der Waals surface area contributed by atoms with Gasteiger partial charge in [-0.05, 0) is 18.6 Å². The van der Waals surface area contributed by atoms with Gasteiger partial charge in [0.1, 0.15) is 5.15 Å². The van der Waals surface area contributed by atoms with Crippen molar-refractivity contribution in [1.82, 2.24) is 4.98 Å². The van der Waals surface area contributed by atoms with Crippen LogP contribution in [0.4, 0.5) is 0 Å². The Morgan fingerprint density at radius 2 is 2.38 bits per heavy atom. The quantitative estimate of drug-likeness (QED) is 0.428. The highest BCUT2D eigenvalue weighted by Crippen LogP contribution is 2.14. The molecule has 68 valence electrons. The van der Waals surface area contributed by atoms with Crippen LogP contribution in [0.1, 0.15) is 17.5 Å². The topological polar surface area (TPSA) is 12.9 Å². The van der Waals surface area contributed by atoms with Crippen LogP contribution in [0, 0.1) is 18.8 Å². The Balaban J connectivity index is 2.95. The summed E-state index contributed by atoms with van der Waals surface area (Å²) in [5.74, 6) is 6.02. The normalized spacial score (nSPS) is 9.15. The third-order valence-corrected chi connectivity index (χ3v) is 2.23. The van der Waals surface area contributed by atoms with Crippen molar-refractivity contribution >= 4 is 27.5 Å². The average molecular weight is 259 g/mol. The van der Waals surface area contributed by atoms with Gasteiger partial charge in [0.25, 0.3) is 0 Å². The van der Waals surface area contributed by atoms with E-state index in [2.05, 4.69) is 32.8 Å². The van der Waals surface area contributed by atoms with E-state index in [0.29, 0.717) is 5.15 Å². The van der Waals surface area contributed by atoms with Gasteiger partial charge >= 0.3 is 0 Å². The van der Waals surface area contributed by atoms with Gasteiger partial charge in [0.05, 0.1) is 5.56 Å². The number of halogens is 2. The Morgan fingerprint density at radius 1 is 1.62 bits per heavy atom. The maximum Gasteiger partial charge on any atom is 0.144 e. The summed E-state index contributed by atoms with van der Waals surface area (Å²) in [4.78, 5) is 3.97. The molecule has 0 aromatic carbocycles. The van der Waals surface area contributed by atoms with Crippen LogP contribution in [0.3, 0.4) is 0 Å². The first kappa shape index (κ1) is 10.6. The zero-order valence-electron chi connectivity index (χ0n) is 7.27. The highest BCUT2D eigenvalue weighted by atomic mass is 79.9. The van der Waals surface area contributed by atoms with E-state index in [0.717, 1.165) is 22.9 Å². The van der Waals surface area contributed by atoms with E-state index in [-0.39, 0.29) is 0 Å². The third kappa shape index (κ3) is 3.02. The summed E-state index contributed by atoms with van der Waals surface area (Å²) in [7, 11) is 0. The number of rotatable bonds is 1. The van der Waals surface area contributed by atoms with Crippen LogP contribution in [-0.2, 0) is 0 Å². The number of aryl methyl sites for hydroxylation is 1. The zero-order valence-corrected chi connectivity index (χ0v) is 9.61. The molecule has 0 saturated carbocycles. The second kappa shape index (κ2) is 5.26. The smallest absolute Gasteiger partial charge is 0.144 e. The van der Waals surface area contributed by atoms with Crippen LogP contribution in [0.5, 0.6) is 0 Å². The Labute approximate surface area is 91.6 Å². The number of hydrogen-bond acceptors (Lipinski definition) is 1. The van der Waals surface area contributed by atoms with Crippen LogP contribution >= 0.6 is 27.5 Å². The van der Waals surface area contributed by atoms with Crippen LogP contribution < -0.4 is 0 Å². The van der Waals surface area contributed by atoms with Crippen molar-refractivity contribution in [2.24, 2.45) is 0 Å². The van der Waals surface area contributed by atoms with Gasteiger partial charge in [-0.15, -0.1) is 0 Å². The van der Waals surface area contributed by atoms with Crippen LogP contribution in [-0.4, -0.2) is 10.3 Å². The molecule has 1 nitrogen and oxygen atoms in total. The fourth-order valence-electron chi connectivity index (χ4n) is 0.873. The van der Waals surface area contributed by atoms with E-state index in [9.17, 15) is 0 Å². The number of alkyl halides is 1. The van der Waals surface area contributed by atoms with E-state index in [1.165, 1.54) is 0 Å². The van der Waals surface area contributed by atoms with Gasteiger partial charge in [-0.1, -0.05) is 39.4 Å². The molecule has 13 heavy (non-hydrogen) atoms. The lowest BCUT2D eigenvalue weighted by molar-refractivity contribution is 1.26. The molecule has 0 aliphatic heterocycles. The Hall–Kier alpha value is -0.520. The predicted octanol–water partition coefficient (Wildman–Crippen LogP) is 3.18. The van der Waals surface area contributed by atoms with E-state index >= 15 is 0 Å². The van der Waals surface area contributed by atoms with Crippen molar-refractivity contribution in [2.75, 3.05) is 5.33 Å². The molecule has 1 aromatic heterocycles. The summed E-state index contributed by atoms with van der Waals surface area (Å²) in [5, 5.41) is 1.37. The van der Waals surface area contributed by atoms with Crippen molar-refractivity contribution in [3.63, 3.8) is 0 Å². The summed E-state index contributed by atoms with van der Waals surface area (Å²) < 4.78 is 0. The summed E-state index contributed by atoms with van der Waals surface area (Å²) in [6, 6.07) is 1.91. The molecule has 0 radical (unpaired) electrons. The highest BCUT2D eigenvalue weighted by Gasteiger charge is 1.99. The molecular formula is C10H9BrClN. The van der Waals surface area contributed by atoms with Crippen LogP contribution in [0.15, 0.2) is 12.3 Å². The zero-order chi connectivity index (χ0) is 9.68. The van der Waals surface area contributed by atoms with Crippen molar-refractivity contribution in [1.29, 1.82) is 0 Å². The minimum Gasteiger partial charge on any atom is -0.243 e. The maximum absolute atomic E-state index is 5.88. The molecule has 1 aromatic rings. The Morgan fingerprint density at radius 3 is 3.00 bits per heavy atom. The van der Waals surface area contributed by atoms with E-state index < -0.39 is 0 Å². The molecule has 3 heteroatoms. The largest absolute Gasteiger partial charge is 0.243 e. The van der Waals surface area contributed by atoms with Crippen molar-refractivity contribution < 1.29 is 0 Å². The molecule has 0 amide bonds. The standard InChI is InChI=1S/C10H9BrClN/c1-8-5-7-13-10(12)9(8)4-2-3-6-11/h5,7H,3,6H2,1H3. The number of aromatic nitrogens is 1. The van der Waals surface area contributed by atoms with Crippen molar-refractivity contribution in [2.45, 2.75) is 13.3 Å². The molecule has 0 atom stereocenters. The lowest BCUT2D eigenvalue weighted by Crippen LogP contribution is -1.86. The Bertz CT molecular complexity index is 331. The molecule has 0 fully saturated rings. The van der Waals surface area contributed by atoms with E-state index in [1.807, 2.05) is 13.0 Å². The molecule has 0 spiro atoms. The molecule has 0 aliphatic carbocycles. The second-order valence-corrected chi connectivity index (χ2v) is 3.69. The SMILES string of the molecule is Cc1ccnc(Cl)c1C#CCCBr. The van der Waals surface area contributed by atoms with Crippen molar-refractivity contribution in [3.05, 3.63) is 28.5 Å². The molecule has 1 heterocycles. The molecular weight excluding hydrogens is 249 g/mol. The van der Waals surface area contributed by atoms with E-state index in [4.69, 9.17) is 11.6 Å². The first-order valence-corrected chi connectivity index (χ1v) is 5.41. The summed E-state index contributed by atoms with van der Waals surface area (Å²) in [5.41, 5.74) is 1.91. The molecule has 0 saturated heterocycles. The number of nitrogens with zero attached hydrogens (tertiary/aromatic N) is 1. The number of hydrogen-bond donors (Lipinski definition) is 0. The lowest BCUT2D eigenvalue weighted by atomic mass is 10.2. The van der Waals surface area contributed by atoms with Gasteiger partial charge in [-0.2, -0.15) is 0 Å². The molecule has 0 aliphatic rings. The van der Waals surface area contributed by atoms with Crippen molar-refractivity contribution in [3.8, 4) is 11.8 Å². The summed E-state index contributed by atoms with van der Waals surface area (Å²) in [6.07, 6.45) is 2.51. The summed E-state index contributed by atoms with van der Waals surface area (Å²) in [6.45, 7) is 1.98. The second-order valence-electron chi connectivity index (χ2n) is 2.53. The number of pyridine rings is 1. The molecule has 0 unspecified atom stereocenters. The fourth-order valence-corrected chi connectivity index (χ4v) is 1.32. The van der Waals surface area contributed by atoms with Gasteiger partial charge in [0, 0.05) is 17.9 Å². The average Bonchev–Trinajstić information content (AvgIpc) is 2.10. The highest BCUT2D eigenvalue weighted by molar-refractivity contribution is 9.09. The van der Waals surface area contributed by atoms with Gasteiger partial charge in [0.2, 0.25) is 0 Å². The lowest BCUT2D eigenvalue weighted by Gasteiger charge is -1.97. The first-order valence-electron chi connectivity index (χ1n) is 3.91. The van der Waals surface area contributed by atoms with Crippen LogP contribution in [0.2, 0.25) is 5.15 Å². The first-order chi connectivity index (χ1) is 6.25. The predicted molar refractivity (Wildman–Crippen MR) is 59.3 cm³/mol. The minimum absolute atomic E-state index is 0.488. The monoisotopic (exact) mass is 257 g/mol. The van der Waals surface area contributed by atoms with E-state index in [1.54, 1.807) is 6.20 Å². The molecule has 0 bridgehead atoms. The van der Waals surface area contributed by atoms with Gasteiger partial charge in [-0.3, -0.25) is 0 Å². The molecule has 0 N–H and O–H groups in total. The fraction of sp³-hybridized carbons (Fsp3) is 0.300. The van der Waals surface area contributed by atoms with Crippen LogP contribution in [0.25, 0.3) is 0 Å². The maximum atomic E-state index is 5.88. The Kier molecular flexibility index (Phi) is 4.27. The summed E-state index contributed by atoms with van der Waals surface area (Å²) >= 11 is 9.19. The van der Waals surface area contributed by atoms with Gasteiger partial charge in [-0.25, -0.2) is 4.98 Å².